The molecule has 1 fully saturated rings. The standard InChI is InChI=1S/C15H24F2N4/c1-4-18-14-12(16)7-13(17)15(20-14)19-8-11-5-6-21(9-11)10(2)3/h7,10-11H,4-6,8-9H2,1-3H3,(H2,18,19,20). The molecule has 0 radical (unpaired) electrons. The van der Waals surface area contributed by atoms with Crippen molar-refractivity contribution in [1.82, 2.24) is 9.88 Å². The van der Waals surface area contributed by atoms with Gasteiger partial charge in [-0.15, -0.1) is 0 Å². The predicted molar refractivity (Wildman–Crippen MR) is 81.6 cm³/mol. The fourth-order valence-electron chi connectivity index (χ4n) is 2.62. The van der Waals surface area contributed by atoms with E-state index in [-0.39, 0.29) is 11.6 Å². The van der Waals surface area contributed by atoms with Crippen LogP contribution in [0.4, 0.5) is 20.4 Å². The molecule has 1 aliphatic rings. The van der Waals surface area contributed by atoms with Crippen molar-refractivity contribution in [2.24, 2.45) is 5.92 Å². The van der Waals surface area contributed by atoms with Crippen molar-refractivity contribution >= 4 is 11.6 Å². The zero-order valence-electron chi connectivity index (χ0n) is 12.9. The summed E-state index contributed by atoms with van der Waals surface area (Å²) in [6.07, 6.45) is 1.09. The summed E-state index contributed by atoms with van der Waals surface area (Å²) < 4.78 is 27.2. The van der Waals surface area contributed by atoms with Crippen molar-refractivity contribution in [1.29, 1.82) is 0 Å². The van der Waals surface area contributed by atoms with Crippen LogP contribution in [-0.4, -0.2) is 42.1 Å². The summed E-state index contributed by atoms with van der Waals surface area (Å²) in [4.78, 5) is 6.40. The van der Waals surface area contributed by atoms with Crippen LogP contribution >= 0.6 is 0 Å². The molecule has 1 saturated heterocycles. The lowest BCUT2D eigenvalue weighted by atomic mass is 10.1. The summed E-state index contributed by atoms with van der Waals surface area (Å²) in [6.45, 7) is 9.49. The average molecular weight is 298 g/mol. The Balaban J connectivity index is 1.95. The van der Waals surface area contributed by atoms with Crippen LogP contribution in [0, 0.1) is 17.6 Å². The van der Waals surface area contributed by atoms with Crippen molar-refractivity contribution in [3.05, 3.63) is 17.7 Å². The first kappa shape index (κ1) is 15.9. The molecule has 2 N–H and O–H groups in total. The molecule has 0 saturated carbocycles. The van der Waals surface area contributed by atoms with E-state index in [1.165, 1.54) is 0 Å². The molecule has 0 aromatic carbocycles. The molecule has 21 heavy (non-hydrogen) atoms. The van der Waals surface area contributed by atoms with Crippen molar-refractivity contribution in [3.63, 3.8) is 0 Å². The van der Waals surface area contributed by atoms with Gasteiger partial charge in [-0.1, -0.05) is 0 Å². The van der Waals surface area contributed by atoms with Crippen molar-refractivity contribution in [3.8, 4) is 0 Å². The molecule has 2 heterocycles. The van der Waals surface area contributed by atoms with E-state index in [1.54, 1.807) is 0 Å². The number of anilines is 2. The second-order valence-corrected chi connectivity index (χ2v) is 5.80. The predicted octanol–water partition coefficient (Wildman–Crippen LogP) is 2.93. The molecule has 118 valence electrons. The molecule has 1 aromatic rings. The largest absolute Gasteiger partial charge is 0.368 e. The van der Waals surface area contributed by atoms with Gasteiger partial charge in [0.1, 0.15) is 0 Å². The summed E-state index contributed by atoms with van der Waals surface area (Å²) in [5.74, 6) is -0.618. The highest BCUT2D eigenvalue weighted by atomic mass is 19.1. The fraction of sp³-hybridized carbons (Fsp3) is 0.667. The molecule has 0 aliphatic carbocycles. The van der Waals surface area contributed by atoms with Crippen LogP contribution in [0.3, 0.4) is 0 Å². The molecule has 0 spiro atoms. The summed E-state index contributed by atoms with van der Waals surface area (Å²) in [5.41, 5.74) is 0. The van der Waals surface area contributed by atoms with Crippen LogP contribution in [0.1, 0.15) is 27.2 Å². The Kier molecular flexibility index (Phi) is 5.33. The van der Waals surface area contributed by atoms with Crippen LogP contribution in [0.15, 0.2) is 6.07 Å². The van der Waals surface area contributed by atoms with Gasteiger partial charge in [0.05, 0.1) is 0 Å². The Bertz CT molecular complexity index is 479. The number of rotatable bonds is 6. The minimum Gasteiger partial charge on any atom is -0.368 e. The molecule has 4 nitrogen and oxygen atoms in total. The lowest BCUT2D eigenvalue weighted by Gasteiger charge is -2.20. The molecular formula is C15H24F2N4. The van der Waals surface area contributed by atoms with Gasteiger partial charge in [0.15, 0.2) is 23.3 Å². The van der Waals surface area contributed by atoms with E-state index >= 15 is 0 Å². The molecule has 1 aromatic heterocycles. The monoisotopic (exact) mass is 298 g/mol. The topological polar surface area (TPSA) is 40.2 Å². The van der Waals surface area contributed by atoms with E-state index in [2.05, 4.69) is 34.4 Å². The van der Waals surface area contributed by atoms with Gasteiger partial charge in [0.2, 0.25) is 0 Å². The van der Waals surface area contributed by atoms with Gasteiger partial charge in [-0.25, -0.2) is 13.8 Å². The van der Waals surface area contributed by atoms with Gasteiger partial charge < -0.3 is 15.5 Å². The first-order valence-corrected chi connectivity index (χ1v) is 7.59. The lowest BCUT2D eigenvalue weighted by Crippen LogP contribution is -2.29. The summed E-state index contributed by atoms with van der Waals surface area (Å²) in [6, 6.07) is 1.42. The quantitative estimate of drug-likeness (QED) is 0.847. The van der Waals surface area contributed by atoms with Crippen LogP contribution in [0.5, 0.6) is 0 Å². The molecule has 0 bridgehead atoms. The number of hydrogen-bond donors (Lipinski definition) is 2. The Labute approximate surface area is 124 Å². The Morgan fingerprint density at radius 3 is 2.52 bits per heavy atom. The van der Waals surface area contributed by atoms with Crippen LogP contribution < -0.4 is 10.6 Å². The minimum atomic E-state index is -0.660. The molecule has 2 rings (SSSR count). The second-order valence-electron chi connectivity index (χ2n) is 5.80. The molecule has 6 heteroatoms. The Morgan fingerprint density at radius 1 is 1.29 bits per heavy atom. The molecule has 1 unspecified atom stereocenters. The summed E-state index contributed by atoms with van der Waals surface area (Å²) in [5, 5.41) is 5.81. The van der Waals surface area contributed by atoms with Crippen LogP contribution in [0.2, 0.25) is 0 Å². The van der Waals surface area contributed by atoms with Crippen molar-refractivity contribution in [2.75, 3.05) is 36.8 Å². The van der Waals surface area contributed by atoms with Crippen molar-refractivity contribution < 1.29 is 8.78 Å². The van der Waals surface area contributed by atoms with Crippen LogP contribution in [-0.2, 0) is 0 Å². The summed E-state index contributed by atoms with van der Waals surface area (Å²) >= 11 is 0. The second kappa shape index (κ2) is 7.02. The number of hydrogen-bond acceptors (Lipinski definition) is 4. The molecule has 1 aliphatic heterocycles. The van der Waals surface area contributed by atoms with E-state index in [4.69, 9.17) is 0 Å². The zero-order chi connectivity index (χ0) is 15.4. The van der Waals surface area contributed by atoms with E-state index in [0.717, 1.165) is 25.6 Å². The van der Waals surface area contributed by atoms with Gasteiger partial charge in [-0.3, -0.25) is 0 Å². The maximum Gasteiger partial charge on any atom is 0.168 e. The first-order chi connectivity index (χ1) is 10.0. The molecule has 1 atom stereocenters. The van der Waals surface area contributed by atoms with Crippen LogP contribution in [0.25, 0.3) is 0 Å². The Morgan fingerprint density at radius 2 is 1.95 bits per heavy atom. The number of nitrogens with zero attached hydrogens (tertiary/aromatic N) is 2. The van der Waals surface area contributed by atoms with Gasteiger partial charge in [-0.2, -0.15) is 0 Å². The number of pyridine rings is 1. The van der Waals surface area contributed by atoms with Gasteiger partial charge in [0.25, 0.3) is 0 Å². The minimum absolute atomic E-state index is 0.0941. The van der Waals surface area contributed by atoms with Gasteiger partial charge in [0, 0.05) is 31.7 Å². The number of nitrogens with one attached hydrogen (secondary N) is 2. The van der Waals surface area contributed by atoms with E-state index < -0.39 is 11.6 Å². The lowest BCUT2D eigenvalue weighted by molar-refractivity contribution is 0.266. The van der Waals surface area contributed by atoms with Crippen molar-refractivity contribution in [2.45, 2.75) is 33.2 Å². The molecular weight excluding hydrogens is 274 g/mol. The zero-order valence-corrected chi connectivity index (χ0v) is 12.9. The van der Waals surface area contributed by atoms with E-state index in [1.807, 2.05) is 6.92 Å². The number of halogens is 2. The Hall–Kier alpha value is -1.43. The highest BCUT2D eigenvalue weighted by Gasteiger charge is 2.24. The fourth-order valence-corrected chi connectivity index (χ4v) is 2.62. The average Bonchev–Trinajstić information content (AvgIpc) is 2.90. The highest BCUT2D eigenvalue weighted by molar-refractivity contribution is 5.47. The number of aromatic nitrogens is 1. The molecule has 0 amide bonds. The number of likely N-dealkylation sites (tertiary alicyclic amines) is 1. The van der Waals surface area contributed by atoms with Gasteiger partial charge >= 0.3 is 0 Å². The maximum absolute atomic E-state index is 13.7. The van der Waals surface area contributed by atoms with E-state index in [9.17, 15) is 8.78 Å². The third-order valence-electron chi connectivity index (χ3n) is 3.88. The third kappa shape index (κ3) is 4.03. The van der Waals surface area contributed by atoms with Gasteiger partial charge in [-0.05, 0) is 39.7 Å². The smallest absolute Gasteiger partial charge is 0.168 e. The SMILES string of the molecule is CCNc1nc(NCC2CCN(C(C)C)C2)c(F)cc1F. The van der Waals surface area contributed by atoms with E-state index in [0.29, 0.717) is 25.0 Å². The highest BCUT2D eigenvalue weighted by Crippen LogP contribution is 2.22. The third-order valence-corrected chi connectivity index (χ3v) is 3.88. The summed E-state index contributed by atoms with van der Waals surface area (Å²) in [7, 11) is 0. The normalized spacial score (nSPS) is 19.2. The maximum atomic E-state index is 13.7. The first-order valence-electron chi connectivity index (χ1n) is 7.59.